The van der Waals surface area contributed by atoms with Crippen LogP contribution in [0.1, 0.15) is 38.5 Å². The third-order valence-corrected chi connectivity index (χ3v) is 8.59. The smallest absolute Gasteiger partial charge is 0.223 e. The van der Waals surface area contributed by atoms with Gasteiger partial charge >= 0.3 is 0 Å². The normalized spacial score (nSPS) is 28.6. The fourth-order valence-corrected chi connectivity index (χ4v) is 6.65. The van der Waals surface area contributed by atoms with Crippen LogP contribution in [0.25, 0.3) is 11.0 Å². The number of hydrogen-bond donors (Lipinski definition) is 1. The Morgan fingerprint density at radius 1 is 1.00 bits per heavy atom. The Kier molecular flexibility index (Phi) is 6.01. The molecule has 1 aromatic carbocycles. The molecule has 2 aromatic rings. The number of para-hydroxylation sites is 2. The number of fused-ring (bicyclic) bond motifs is 3. The maximum atomic E-state index is 13.0. The lowest BCUT2D eigenvalue weighted by molar-refractivity contribution is -0.126. The number of nitrogens with zero attached hydrogens (tertiary/aromatic N) is 4. The predicted molar refractivity (Wildman–Crippen MR) is 129 cm³/mol. The Hall–Kier alpha value is -2.12. The highest BCUT2D eigenvalue weighted by atomic mass is 16.5. The molecule has 4 aliphatic rings. The molecule has 4 fully saturated rings. The van der Waals surface area contributed by atoms with E-state index in [0.717, 1.165) is 88.6 Å². The van der Waals surface area contributed by atoms with Gasteiger partial charge in [-0.2, -0.15) is 0 Å². The summed E-state index contributed by atoms with van der Waals surface area (Å²) in [5.74, 6) is 3.12. The number of piperidine rings is 1. The fraction of sp³-hybridized carbons (Fsp3) is 0.692. The van der Waals surface area contributed by atoms with Gasteiger partial charge in [-0.1, -0.05) is 18.6 Å². The molecule has 1 aromatic heterocycles. The highest BCUT2D eigenvalue weighted by molar-refractivity contribution is 5.80. The number of carbonyl (C=O) groups is 1. The van der Waals surface area contributed by atoms with Crippen molar-refractivity contribution in [1.82, 2.24) is 19.8 Å². The summed E-state index contributed by atoms with van der Waals surface area (Å²) in [4.78, 5) is 22.9. The Morgan fingerprint density at radius 3 is 2.58 bits per heavy atom. The lowest BCUT2D eigenvalue weighted by Crippen LogP contribution is -2.46. The van der Waals surface area contributed by atoms with Crippen molar-refractivity contribution in [2.24, 2.45) is 17.8 Å². The van der Waals surface area contributed by atoms with Crippen molar-refractivity contribution < 1.29 is 9.53 Å². The zero-order chi connectivity index (χ0) is 22.2. The lowest BCUT2D eigenvalue weighted by atomic mass is 9.92. The Labute approximate surface area is 196 Å². The van der Waals surface area contributed by atoms with Crippen molar-refractivity contribution in [1.29, 1.82) is 0 Å². The number of ether oxygens (including phenoxy) is 1. The molecule has 1 amide bonds. The van der Waals surface area contributed by atoms with E-state index in [9.17, 15) is 4.79 Å². The topological polar surface area (TPSA) is 62.6 Å². The molecule has 3 unspecified atom stereocenters. The number of carbonyl (C=O) groups excluding carboxylic acids is 1. The second-order valence-corrected chi connectivity index (χ2v) is 10.6. The quantitative estimate of drug-likeness (QED) is 0.732. The number of nitrogens with one attached hydrogen (secondary N) is 1. The van der Waals surface area contributed by atoms with Crippen LogP contribution in [0.15, 0.2) is 24.3 Å². The number of morpholine rings is 1. The van der Waals surface area contributed by atoms with Crippen LogP contribution in [-0.4, -0.2) is 72.3 Å². The zero-order valence-corrected chi connectivity index (χ0v) is 19.6. The van der Waals surface area contributed by atoms with Gasteiger partial charge in [-0.05, 0) is 56.1 Å². The summed E-state index contributed by atoms with van der Waals surface area (Å²) in [6.45, 7) is 7.41. The fourth-order valence-electron chi connectivity index (χ4n) is 6.65. The molecule has 3 atom stereocenters. The molecular weight excluding hydrogens is 414 g/mol. The number of rotatable bonds is 6. The third-order valence-electron chi connectivity index (χ3n) is 8.59. The highest BCUT2D eigenvalue weighted by Crippen LogP contribution is 2.44. The number of benzene rings is 1. The standard InChI is InChI=1S/C26H37N5O2/c32-25(27-23-18-19-5-6-21(23)17-19)20-7-9-30(10-8-20)26-28-22-3-1-2-4-24(22)31(26)12-11-29-13-15-33-16-14-29/h1-4,19-21,23H,5-18H2,(H,27,32). The van der Waals surface area contributed by atoms with E-state index in [4.69, 9.17) is 9.72 Å². The van der Waals surface area contributed by atoms with Gasteiger partial charge in [-0.25, -0.2) is 4.98 Å². The summed E-state index contributed by atoms with van der Waals surface area (Å²) in [5, 5.41) is 3.43. The summed E-state index contributed by atoms with van der Waals surface area (Å²) in [7, 11) is 0. The van der Waals surface area contributed by atoms with Crippen molar-refractivity contribution in [3.8, 4) is 0 Å². The van der Waals surface area contributed by atoms with Gasteiger partial charge in [-0.3, -0.25) is 9.69 Å². The SMILES string of the molecule is O=C(NC1CC2CCC1C2)C1CCN(c2nc3ccccc3n2CCN2CCOCC2)CC1. The first kappa shape index (κ1) is 21.4. The Morgan fingerprint density at radius 2 is 1.82 bits per heavy atom. The Balaban J connectivity index is 1.11. The molecule has 0 radical (unpaired) electrons. The number of hydrogen-bond acceptors (Lipinski definition) is 5. The highest BCUT2D eigenvalue weighted by Gasteiger charge is 2.41. The molecule has 2 bridgehead atoms. The van der Waals surface area contributed by atoms with E-state index in [1.807, 2.05) is 0 Å². The first-order valence-corrected chi connectivity index (χ1v) is 13.1. The molecule has 178 valence electrons. The van der Waals surface area contributed by atoms with E-state index in [0.29, 0.717) is 11.9 Å². The summed E-state index contributed by atoms with van der Waals surface area (Å²) >= 11 is 0. The molecular formula is C26H37N5O2. The van der Waals surface area contributed by atoms with Crippen molar-refractivity contribution in [2.45, 2.75) is 51.1 Å². The van der Waals surface area contributed by atoms with E-state index in [2.05, 4.69) is 43.9 Å². The average Bonchev–Trinajstić information content (AvgIpc) is 3.58. The summed E-state index contributed by atoms with van der Waals surface area (Å²) < 4.78 is 7.90. The van der Waals surface area contributed by atoms with Gasteiger partial charge in [-0.15, -0.1) is 0 Å². The average molecular weight is 452 g/mol. The van der Waals surface area contributed by atoms with Crippen LogP contribution in [0.3, 0.4) is 0 Å². The van der Waals surface area contributed by atoms with Gasteiger partial charge in [0.1, 0.15) is 0 Å². The molecule has 6 rings (SSSR count). The Bertz CT molecular complexity index is 976. The van der Waals surface area contributed by atoms with Crippen LogP contribution in [0.5, 0.6) is 0 Å². The van der Waals surface area contributed by atoms with Gasteiger partial charge in [0, 0.05) is 51.2 Å². The second kappa shape index (κ2) is 9.26. The molecule has 7 nitrogen and oxygen atoms in total. The predicted octanol–water partition coefficient (Wildman–Crippen LogP) is 2.89. The minimum Gasteiger partial charge on any atom is -0.379 e. The van der Waals surface area contributed by atoms with E-state index >= 15 is 0 Å². The number of amides is 1. The summed E-state index contributed by atoms with van der Waals surface area (Å²) in [6.07, 6.45) is 7.07. The first-order valence-electron chi connectivity index (χ1n) is 13.1. The molecule has 3 heterocycles. The van der Waals surface area contributed by atoms with Crippen LogP contribution in [0.2, 0.25) is 0 Å². The van der Waals surface area contributed by atoms with Gasteiger partial charge in [0.05, 0.1) is 24.2 Å². The van der Waals surface area contributed by atoms with E-state index in [1.165, 1.54) is 31.2 Å². The van der Waals surface area contributed by atoms with Crippen molar-refractivity contribution in [3.63, 3.8) is 0 Å². The maximum absolute atomic E-state index is 13.0. The van der Waals surface area contributed by atoms with Crippen molar-refractivity contribution >= 4 is 22.9 Å². The largest absolute Gasteiger partial charge is 0.379 e. The maximum Gasteiger partial charge on any atom is 0.223 e. The lowest BCUT2D eigenvalue weighted by Gasteiger charge is -2.34. The van der Waals surface area contributed by atoms with Crippen molar-refractivity contribution in [2.75, 3.05) is 50.8 Å². The minimum atomic E-state index is 0.145. The third kappa shape index (κ3) is 4.37. The minimum absolute atomic E-state index is 0.145. The number of imidazole rings is 1. The second-order valence-electron chi connectivity index (χ2n) is 10.6. The molecule has 1 N–H and O–H groups in total. The molecule has 7 heteroatoms. The van der Waals surface area contributed by atoms with Gasteiger partial charge < -0.3 is 19.5 Å². The van der Waals surface area contributed by atoms with Crippen LogP contribution < -0.4 is 10.2 Å². The molecule has 0 spiro atoms. The van der Waals surface area contributed by atoms with Crippen LogP contribution in [0.4, 0.5) is 5.95 Å². The monoisotopic (exact) mass is 451 g/mol. The molecule has 2 aliphatic heterocycles. The zero-order valence-electron chi connectivity index (χ0n) is 19.6. The molecule has 2 saturated carbocycles. The van der Waals surface area contributed by atoms with Gasteiger partial charge in [0.15, 0.2) is 0 Å². The summed E-state index contributed by atoms with van der Waals surface area (Å²) in [5.41, 5.74) is 2.27. The van der Waals surface area contributed by atoms with Crippen LogP contribution >= 0.6 is 0 Å². The van der Waals surface area contributed by atoms with Gasteiger partial charge in [0.25, 0.3) is 0 Å². The van der Waals surface area contributed by atoms with Crippen LogP contribution in [0, 0.1) is 17.8 Å². The molecule has 2 aliphatic carbocycles. The van der Waals surface area contributed by atoms with Crippen molar-refractivity contribution in [3.05, 3.63) is 24.3 Å². The van der Waals surface area contributed by atoms with Gasteiger partial charge in [0.2, 0.25) is 11.9 Å². The molecule has 33 heavy (non-hydrogen) atoms. The number of aromatic nitrogens is 2. The summed E-state index contributed by atoms with van der Waals surface area (Å²) in [6, 6.07) is 8.90. The van der Waals surface area contributed by atoms with E-state index < -0.39 is 0 Å². The first-order chi connectivity index (χ1) is 16.2. The number of anilines is 1. The van der Waals surface area contributed by atoms with E-state index in [-0.39, 0.29) is 5.92 Å². The molecule has 2 saturated heterocycles. The van der Waals surface area contributed by atoms with Crippen LogP contribution in [-0.2, 0) is 16.1 Å². The van der Waals surface area contributed by atoms with E-state index in [1.54, 1.807) is 0 Å².